The van der Waals surface area contributed by atoms with Crippen LogP contribution in [0, 0.1) is 0 Å². The van der Waals surface area contributed by atoms with E-state index >= 15 is 0 Å². The summed E-state index contributed by atoms with van der Waals surface area (Å²) in [5, 5.41) is 5.59. The van der Waals surface area contributed by atoms with Crippen molar-refractivity contribution in [2.24, 2.45) is 0 Å². The second kappa shape index (κ2) is 6.37. The van der Waals surface area contributed by atoms with Crippen molar-refractivity contribution in [2.75, 3.05) is 11.9 Å². The maximum atomic E-state index is 4.44. The van der Waals surface area contributed by atoms with Crippen LogP contribution in [-0.2, 0) is 13.1 Å². The van der Waals surface area contributed by atoms with Gasteiger partial charge in [-0.15, -0.1) is 11.3 Å². The summed E-state index contributed by atoms with van der Waals surface area (Å²) in [4.78, 5) is 8.07. The lowest BCUT2D eigenvalue weighted by Crippen LogP contribution is -2.35. The molecule has 0 saturated heterocycles. The molecular weight excluding hydrogens is 266 g/mol. The van der Waals surface area contributed by atoms with Crippen LogP contribution in [0.3, 0.4) is 0 Å². The Morgan fingerprint density at radius 3 is 2.75 bits per heavy atom. The molecule has 0 bridgehead atoms. The lowest BCUT2D eigenvalue weighted by Gasteiger charge is -2.22. The second-order valence-electron chi connectivity index (χ2n) is 6.04. The third kappa shape index (κ3) is 4.62. The first-order valence-corrected chi connectivity index (χ1v) is 7.75. The van der Waals surface area contributed by atoms with E-state index in [0.717, 1.165) is 18.8 Å². The van der Waals surface area contributed by atoms with Crippen molar-refractivity contribution in [2.45, 2.75) is 39.4 Å². The molecule has 0 spiro atoms. The van der Waals surface area contributed by atoms with Gasteiger partial charge in [-0.05, 0) is 44.4 Å². The van der Waals surface area contributed by atoms with E-state index in [1.54, 1.807) is 11.3 Å². The van der Waals surface area contributed by atoms with Crippen molar-refractivity contribution in [1.29, 1.82) is 0 Å². The number of nitrogens with one attached hydrogen (secondary N) is 1. The highest BCUT2D eigenvalue weighted by atomic mass is 32.1. The molecule has 20 heavy (non-hydrogen) atoms. The van der Waals surface area contributed by atoms with Crippen molar-refractivity contribution >= 4 is 17.0 Å². The molecule has 4 heteroatoms. The summed E-state index contributed by atoms with van der Waals surface area (Å²) in [6, 6.07) is 8.49. The van der Waals surface area contributed by atoms with E-state index in [1.807, 2.05) is 6.20 Å². The molecule has 108 valence electrons. The average Bonchev–Trinajstić information content (AvgIpc) is 2.89. The Morgan fingerprint density at radius 2 is 2.10 bits per heavy atom. The van der Waals surface area contributed by atoms with E-state index in [4.69, 9.17) is 0 Å². The molecule has 2 heterocycles. The SMILES string of the molecule is CN(Cc1cccs1)c1ccnc(CNC(C)(C)C)c1. The largest absolute Gasteiger partial charge is 0.369 e. The molecular formula is C16H23N3S. The van der Waals surface area contributed by atoms with Gasteiger partial charge in [-0.3, -0.25) is 4.98 Å². The molecule has 0 aromatic carbocycles. The molecule has 2 aromatic rings. The van der Waals surface area contributed by atoms with Crippen LogP contribution in [-0.4, -0.2) is 17.6 Å². The average molecular weight is 289 g/mol. The first-order valence-electron chi connectivity index (χ1n) is 6.87. The lowest BCUT2D eigenvalue weighted by molar-refractivity contribution is 0.421. The van der Waals surface area contributed by atoms with E-state index in [-0.39, 0.29) is 5.54 Å². The zero-order chi connectivity index (χ0) is 14.6. The molecule has 2 rings (SSSR count). The molecule has 0 saturated carbocycles. The van der Waals surface area contributed by atoms with E-state index in [1.165, 1.54) is 10.6 Å². The van der Waals surface area contributed by atoms with Gasteiger partial charge in [0.25, 0.3) is 0 Å². The molecule has 0 fully saturated rings. The molecule has 0 aliphatic rings. The minimum absolute atomic E-state index is 0.112. The van der Waals surface area contributed by atoms with Crippen LogP contribution in [0.25, 0.3) is 0 Å². The summed E-state index contributed by atoms with van der Waals surface area (Å²) in [5.41, 5.74) is 2.40. The maximum Gasteiger partial charge on any atom is 0.0562 e. The topological polar surface area (TPSA) is 28.2 Å². The molecule has 1 N–H and O–H groups in total. The zero-order valence-corrected chi connectivity index (χ0v) is 13.5. The minimum atomic E-state index is 0.112. The van der Waals surface area contributed by atoms with Crippen LogP contribution >= 0.6 is 11.3 Å². The molecule has 0 atom stereocenters. The Morgan fingerprint density at radius 1 is 1.30 bits per heavy atom. The van der Waals surface area contributed by atoms with Gasteiger partial charge in [-0.2, -0.15) is 0 Å². The quantitative estimate of drug-likeness (QED) is 0.910. The zero-order valence-electron chi connectivity index (χ0n) is 12.7. The van der Waals surface area contributed by atoms with Gasteiger partial charge in [-0.1, -0.05) is 6.07 Å². The summed E-state index contributed by atoms with van der Waals surface area (Å²) in [6.07, 6.45) is 1.89. The third-order valence-electron chi connectivity index (χ3n) is 3.01. The first kappa shape index (κ1) is 15.0. The van der Waals surface area contributed by atoms with Crippen LogP contribution in [0.2, 0.25) is 0 Å². The number of nitrogens with zero attached hydrogens (tertiary/aromatic N) is 2. The van der Waals surface area contributed by atoms with Gasteiger partial charge in [0.15, 0.2) is 0 Å². The van der Waals surface area contributed by atoms with Gasteiger partial charge in [0.05, 0.1) is 12.2 Å². The van der Waals surface area contributed by atoms with E-state index in [0.29, 0.717) is 0 Å². The molecule has 0 aliphatic heterocycles. The highest BCUT2D eigenvalue weighted by Crippen LogP contribution is 2.18. The number of rotatable bonds is 5. The number of anilines is 1. The van der Waals surface area contributed by atoms with Crippen molar-refractivity contribution in [3.63, 3.8) is 0 Å². The molecule has 3 nitrogen and oxygen atoms in total. The highest BCUT2D eigenvalue weighted by molar-refractivity contribution is 7.09. The van der Waals surface area contributed by atoms with Gasteiger partial charge in [-0.25, -0.2) is 0 Å². The van der Waals surface area contributed by atoms with Crippen molar-refractivity contribution in [3.8, 4) is 0 Å². The van der Waals surface area contributed by atoms with Gasteiger partial charge in [0.2, 0.25) is 0 Å². The first-order chi connectivity index (χ1) is 9.44. The summed E-state index contributed by atoms with van der Waals surface area (Å²) in [6.45, 7) is 8.23. The molecule has 0 amide bonds. The number of hydrogen-bond donors (Lipinski definition) is 1. The second-order valence-corrected chi connectivity index (χ2v) is 7.08. The summed E-state index contributed by atoms with van der Waals surface area (Å²) >= 11 is 1.79. The van der Waals surface area contributed by atoms with Crippen LogP contribution in [0.4, 0.5) is 5.69 Å². The summed E-state index contributed by atoms with van der Waals surface area (Å²) in [5.74, 6) is 0. The fourth-order valence-electron chi connectivity index (χ4n) is 1.88. The number of aromatic nitrogens is 1. The Kier molecular flexibility index (Phi) is 4.78. The Bertz CT molecular complexity index is 529. The van der Waals surface area contributed by atoms with Crippen molar-refractivity contribution in [1.82, 2.24) is 10.3 Å². The van der Waals surface area contributed by atoms with Gasteiger partial charge >= 0.3 is 0 Å². The van der Waals surface area contributed by atoms with Crippen molar-refractivity contribution < 1.29 is 0 Å². The van der Waals surface area contributed by atoms with Gasteiger partial charge in [0, 0.05) is 35.9 Å². The maximum absolute atomic E-state index is 4.44. The molecule has 2 aromatic heterocycles. The number of pyridine rings is 1. The fraction of sp³-hybridized carbons (Fsp3) is 0.438. The van der Waals surface area contributed by atoms with E-state index < -0.39 is 0 Å². The van der Waals surface area contributed by atoms with Crippen LogP contribution in [0.1, 0.15) is 31.3 Å². The monoisotopic (exact) mass is 289 g/mol. The Labute approximate surface area is 125 Å². The molecule has 0 radical (unpaired) electrons. The van der Waals surface area contributed by atoms with Crippen LogP contribution in [0.5, 0.6) is 0 Å². The van der Waals surface area contributed by atoms with E-state index in [2.05, 4.69) is 72.7 Å². The van der Waals surface area contributed by atoms with Crippen molar-refractivity contribution in [3.05, 3.63) is 46.4 Å². The van der Waals surface area contributed by atoms with Crippen LogP contribution in [0.15, 0.2) is 35.8 Å². The predicted octanol–water partition coefficient (Wildman–Crippen LogP) is 3.67. The van der Waals surface area contributed by atoms with Crippen LogP contribution < -0.4 is 10.2 Å². The highest BCUT2D eigenvalue weighted by Gasteiger charge is 2.10. The normalized spacial score (nSPS) is 11.6. The number of thiophene rings is 1. The summed E-state index contributed by atoms with van der Waals surface area (Å²) in [7, 11) is 2.12. The fourth-order valence-corrected chi connectivity index (χ4v) is 2.64. The smallest absolute Gasteiger partial charge is 0.0562 e. The predicted molar refractivity (Wildman–Crippen MR) is 87.3 cm³/mol. The third-order valence-corrected chi connectivity index (χ3v) is 3.88. The minimum Gasteiger partial charge on any atom is -0.369 e. The standard InChI is InChI=1S/C16H23N3S/c1-16(2,3)18-11-13-10-14(7-8-17-13)19(4)12-15-6-5-9-20-15/h5-10,18H,11-12H2,1-4H3. The Hall–Kier alpha value is -1.39. The molecule has 0 unspecified atom stereocenters. The van der Waals surface area contributed by atoms with E-state index in [9.17, 15) is 0 Å². The Balaban J connectivity index is 2.01. The van der Waals surface area contributed by atoms with Gasteiger partial charge < -0.3 is 10.2 Å². The lowest BCUT2D eigenvalue weighted by atomic mass is 10.1. The van der Waals surface area contributed by atoms with Gasteiger partial charge in [0.1, 0.15) is 0 Å². The summed E-state index contributed by atoms with van der Waals surface area (Å²) < 4.78 is 0. The number of hydrogen-bond acceptors (Lipinski definition) is 4. The molecule has 0 aliphatic carbocycles.